The monoisotopic (exact) mass is 128 g/mol. The average molecular weight is 128 g/mol. The Morgan fingerprint density at radius 1 is 1.70 bits per heavy atom. The van der Waals surface area contributed by atoms with Crippen LogP contribution in [-0.4, -0.2) is 15.7 Å². The summed E-state index contributed by atoms with van der Waals surface area (Å²) in [5, 5.41) is 0. The highest BCUT2D eigenvalue weighted by Crippen LogP contribution is 2.25. The molecule has 1 atom stereocenters. The van der Waals surface area contributed by atoms with E-state index in [1.807, 2.05) is 6.08 Å². The quantitative estimate of drug-likeness (QED) is 0.469. The fourth-order valence-corrected chi connectivity index (χ4v) is 1.19. The molecule has 0 saturated heterocycles. The Kier molecular flexibility index (Phi) is 2.42. The van der Waals surface area contributed by atoms with Gasteiger partial charge in [-0.3, -0.25) is 0 Å². The van der Waals surface area contributed by atoms with Gasteiger partial charge in [0.15, 0.2) is 0 Å². The van der Waals surface area contributed by atoms with Gasteiger partial charge in [0.25, 0.3) is 0 Å². The van der Waals surface area contributed by atoms with Crippen molar-refractivity contribution in [1.29, 1.82) is 0 Å². The first-order chi connectivity index (χ1) is 4.70. The second kappa shape index (κ2) is 3.14. The molecule has 0 aromatic carbocycles. The third-order valence-corrected chi connectivity index (χ3v) is 1.97. The van der Waals surface area contributed by atoms with E-state index < -0.39 is 0 Å². The van der Waals surface area contributed by atoms with Crippen LogP contribution in [-0.2, 0) is 0 Å². The van der Waals surface area contributed by atoms with Crippen LogP contribution in [0.25, 0.3) is 0 Å². The Bertz CT molecular complexity index is 170. The molecule has 0 aliphatic heterocycles. The molecule has 0 N–H and O–H groups in total. The maximum atomic E-state index is 5.59. The molecule has 0 fully saturated rings. The van der Waals surface area contributed by atoms with Gasteiger partial charge in [-0.1, -0.05) is 6.08 Å². The molecule has 0 heterocycles. The Hall–Kier alpha value is -0.390. The fraction of sp³-hybridized carbons (Fsp3) is 0.500. The van der Waals surface area contributed by atoms with E-state index in [2.05, 4.69) is 6.58 Å². The lowest BCUT2D eigenvalue weighted by Gasteiger charge is -2.20. The molecule has 10 heavy (non-hydrogen) atoms. The molecule has 48 valence electrons. The van der Waals surface area contributed by atoms with Crippen LogP contribution in [0.5, 0.6) is 0 Å². The van der Waals surface area contributed by atoms with E-state index in [0.717, 1.165) is 30.2 Å². The van der Waals surface area contributed by atoms with E-state index in [-0.39, 0.29) is 0 Å². The third kappa shape index (κ3) is 1.79. The summed E-state index contributed by atoms with van der Waals surface area (Å²) in [4.78, 5) is 0. The van der Waals surface area contributed by atoms with Gasteiger partial charge in [0, 0.05) is 0 Å². The average Bonchev–Trinajstić information content (AvgIpc) is 1.88. The molecule has 0 aromatic heterocycles. The lowest BCUT2D eigenvalue weighted by atomic mass is 9.73. The van der Waals surface area contributed by atoms with Gasteiger partial charge in [0.2, 0.25) is 0 Å². The molecule has 0 aromatic rings. The maximum Gasteiger partial charge on any atom is 0.107 e. The summed E-state index contributed by atoms with van der Waals surface area (Å²) in [6.45, 7) is 3.71. The van der Waals surface area contributed by atoms with Gasteiger partial charge in [0.05, 0.1) is 0 Å². The summed E-state index contributed by atoms with van der Waals surface area (Å²) in [6.07, 6.45) is 5.06. The van der Waals surface area contributed by atoms with Crippen LogP contribution in [0.15, 0.2) is 23.6 Å². The summed E-state index contributed by atoms with van der Waals surface area (Å²) < 4.78 is 0. The minimum Gasteiger partial charge on any atom is -0.122 e. The molecule has 2 heteroatoms. The zero-order valence-electron chi connectivity index (χ0n) is 6.14. The van der Waals surface area contributed by atoms with Crippen LogP contribution in [0.2, 0.25) is 0 Å². The van der Waals surface area contributed by atoms with Crippen LogP contribution >= 0.6 is 0 Å². The summed E-state index contributed by atoms with van der Waals surface area (Å²) in [5.74, 6) is 0.465. The lowest BCUT2D eigenvalue weighted by Crippen LogP contribution is -2.07. The SMILES string of the molecule is [B]C(=C)C1CC=C([B])CC1. The van der Waals surface area contributed by atoms with Crippen molar-refractivity contribution in [3.05, 3.63) is 23.6 Å². The molecule has 0 bridgehead atoms. The second-order valence-corrected chi connectivity index (χ2v) is 2.83. The molecule has 4 radical (unpaired) electrons. The second-order valence-electron chi connectivity index (χ2n) is 2.83. The molecule has 0 saturated carbocycles. The van der Waals surface area contributed by atoms with Gasteiger partial charge in [-0.05, 0) is 25.2 Å². The van der Waals surface area contributed by atoms with Gasteiger partial charge in [-0.15, -0.1) is 17.5 Å². The molecule has 1 aliphatic rings. The van der Waals surface area contributed by atoms with Gasteiger partial charge >= 0.3 is 0 Å². The normalized spacial score (nSPS) is 25.6. The largest absolute Gasteiger partial charge is 0.122 e. The molecule has 1 unspecified atom stereocenters. The van der Waals surface area contributed by atoms with Crippen LogP contribution in [0.4, 0.5) is 0 Å². The lowest BCUT2D eigenvalue weighted by molar-refractivity contribution is 0.570. The first kappa shape index (κ1) is 7.71. The van der Waals surface area contributed by atoms with Crippen molar-refractivity contribution < 1.29 is 0 Å². The number of hydrogen-bond donors (Lipinski definition) is 0. The molecular formula is C8H10B2. The maximum absolute atomic E-state index is 5.59. The predicted molar refractivity (Wildman–Crippen MR) is 46.1 cm³/mol. The van der Waals surface area contributed by atoms with E-state index in [1.165, 1.54) is 0 Å². The van der Waals surface area contributed by atoms with Crippen molar-refractivity contribution in [2.24, 2.45) is 5.92 Å². The smallest absolute Gasteiger partial charge is 0.107 e. The predicted octanol–water partition coefficient (Wildman–Crippen LogP) is 1.52. The molecule has 1 aliphatic carbocycles. The van der Waals surface area contributed by atoms with E-state index in [4.69, 9.17) is 15.7 Å². The Morgan fingerprint density at radius 3 is 2.80 bits per heavy atom. The van der Waals surface area contributed by atoms with Gasteiger partial charge in [0.1, 0.15) is 15.7 Å². The highest BCUT2D eigenvalue weighted by Gasteiger charge is 2.11. The van der Waals surface area contributed by atoms with Gasteiger partial charge in [-0.25, -0.2) is 0 Å². The Balaban J connectivity index is 2.50. The van der Waals surface area contributed by atoms with Crippen molar-refractivity contribution in [1.82, 2.24) is 0 Å². The van der Waals surface area contributed by atoms with Gasteiger partial charge < -0.3 is 0 Å². The van der Waals surface area contributed by atoms with Crippen LogP contribution < -0.4 is 0 Å². The summed E-state index contributed by atoms with van der Waals surface area (Å²) in [6, 6.07) is 0. The van der Waals surface area contributed by atoms with Crippen molar-refractivity contribution in [2.75, 3.05) is 0 Å². The van der Waals surface area contributed by atoms with Crippen molar-refractivity contribution >= 4 is 15.7 Å². The standard InChI is InChI=1S/C8H10B2/c1-6(9)7-2-4-8(10)5-3-7/h4,7H,1-3,5H2. The number of rotatable bonds is 1. The Morgan fingerprint density at radius 2 is 2.40 bits per heavy atom. The molecule has 0 amide bonds. The van der Waals surface area contributed by atoms with E-state index >= 15 is 0 Å². The Labute approximate surface area is 65.2 Å². The van der Waals surface area contributed by atoms with Crippen molar-refractivity contribution in [3.8, 4) is 0 Å². The fourth-order valence-electron chi connectivity index (χ4n) is 1.19. The summed E-state index contributed by atoms with van der Waals surface area (Å²) >= 11 is 0. The highest BCUT2D eigenvalue weighted by atomic mass is 14.1. The molecule has 0 nitrogen and oxygen atoms in total. The minimum atomic E-state index is 0.465. The zero-order chi connectivity index (χ0) is 7.56. The van der Waals surface area contributed by atoms with Crippen molar-refractivity contribution in [3.63, 3.8) is 0 Å². The molecule has 1 rings (SSSR count). The van der Waals surface area contributed by atoms with Crippen molar-refractivity contribution in [2.45, 2.75) is 19.3 Å². The van der Waals surface area contributed by atoms with Crippen LogP contribution in [0, 0.1) is 5.92 Å². The highest BCUT2D eigenvalue weighted by molar-refractivity contribution is 6.22. The first-order valence-electron chi connectivity index (χ1n) is 3.59. The summed E-state index contributed by atoms with van der Waals surface area (Å²) in [7, 11) is 11.1. The zero-order valence-corrected chi connectivity index (χ0v) is 6.14. The van der Waals surface area contributed by atoms with Crippen LogP contribution in [0.3, 0.4) is 0 Å². The third-order valence-electron chi connectivity index (χ3n) is 1.97. The van der Waals surface area contributed by atoms with Gasteiger partial charge in [-0.2, -0.15) is 0 Å². The van der Waals surface area contributed by atoms with E-state index in [9.17, 15) is 0 Å². The van der Waals surface area contributed by atoms with E-state index in [1.54, 1.807) is 0 Å². The topological polar surface area (TPSA) is 0 Å². The molecule has 0 spiro atoms. The summed E-state index contributed by atoms with van der Waals surface area (Å²) in [5.41, 5.74) is 1.79. The number of hydrogen-bond acceptors (Lipinski definition) is 0. The first-order valence-corrected chi connectivity index (χ1v) is 3.59. The number of allylic oxidation sites excluding steroid dienone is 3. The van der Waals surface area contributed by atoms with E-state index in [0.29, 0.717) is 5.92 Å². The molecular weight excluding hydrogens is 118 g/mol. The minimum absolute atomic E-state index is 0.465. The van der Waals surface area contributed by atoms with Crippen LogP contribution in [0.1, 0.15) is 19.3 Å².